The number of anilines is 1. The molecule has 0 aliphatic carbocycles. The average Bonchev–Trinajstić information content (AvgIpc) is 2.74. The normalized spacial score (nSPS) is 10.9. The molecule has 150 valence electrons. The summed E-state index contributed by atoms with van der Waals surface area (Å²) >= 11 is 6.15. The predicted octanol–water partition coefficient (Wildman–Crippen LogP) is 4.97. The number of benzene rings is 2. The van der Waals surface area contributed by atoms with E-state index in [0.717, 1.165) is 22.1 Å². The first-order valence-corrected chi connectivity index (χ1v) is 9.92. The van der Waals surface area contributed by atoms with Crippen molar-refractivity contribution in [3.63, 3.8) is 0 Å². The van der Waals surface area contributed by atoms with E-state index in [1.165, 1.54) is 0 Å². The summed E-state index contributed by atoms with van der Waals surface area (Å²) in [6, 6.07) is 18.4. The van der Waals surface area contributed by atoms with Crippen molar-refractivity contribution in [1.82, 2.24) is 9.55 Å². The molecular formula is C24H20ClN3O2. The number of pyridine rings is 2. The summed E-state index contributed by atoms with van der Waals surface area (Å²) in [5.41, 5.74) is 3.62. The van der Waals surface area contributed by atoms with E-state index in [1.807, 2.05) is 44.2 Å². The van der Waals surface area contributed by atoms with Crippen LogP contribution in [0, 0.1) is 13.8 Å². The molecule has 0 unspecified atom stereocenters. The Labute approximate surface area is 179 Å². The molecule has 4 aromatic rings. The number of aryl methyl sites for hydroxylation is 1. The topological polar surface area (TPSA) is 64.0 Å². The Bertz CT molecular complexity index is 1310. The Morgan fingerprint density at radius 3 is 2.60 bits per heavy atom. The standard InChI is InChI=1S/C24H20ClN3O2/c1-15-8-10-17(11-9-15)14-28-22-18(5-4-12-26-22)13-19(24(28)30)23(29)27-21-7-3-6-20(25)16(21)2/h3-13H,14H2,1-2H3,(H,27,29). The maximum Gasteiger partial charge on any atom is 0.265 e. The van der Waals surface area contributed by atoms with E-state index in [1.54, 1.807) is 41.1 Å². The summed E-state index contributed by atoms with van der Waals surface area (Å²) in [5, 5.41) is 4.08. The first-order valence-electron chi connectivity index (χ1n) is 9.54. The van der Waals surface area contributed by atoms with Gasteiger partial charge in [-0.15, -0.1) is 0 Å². The zero-order chi connectivity index (χ0) is 21.3. The van der Waals surface area contributed by atoms with Crippen molar-refractivity contribution in [1.29, 1.82) is 0 Å². The zero-order valence-electron chi connectivity index (χ0n) is 16.6. The van der Waals surface area contributed by atoms with Crippen molar-refractivity contribution >= 4 is 34.2 Å². The smallest absolute Gasteiger partial charge is 0.265 e. The van der Waals surface area contributed by atoms with E-state index in [2.05, 4.69) is 10.3 Å². The first kappa shape index (κ1) is 19.9. The number of rotatable bonds is 4. The average molecular weight is 418 g/mol. The largest absolute Gasteiger partial charge is 0.322 e. The number of hydrogen-bond acceptors (Lipinski definition) is 3. The van der Waals surface area contributed by atoms with Gasteiger partial charge in [0.25, 0.3) is 11.5 Å². The molecule has 0 atom stereocenters. The fraction of sp³-hybridized carbons (Fsp3) is 0.125. The van der Waals surface area contributed by atoms with Gasteiger partial charge in [0.15, 0.2) is 0 Å². The van der Waals surface area contributed by atoms with E-state index in [0.29, 0.717) is 22.9 Å². The fourth-order valence-electron chi connectivity index (χ4n) is 3.32. The van der Waals surface area contributed by atoms with Crippen LogP contribution in [-0.2, 0) is 6.54 Å². The number of carbonyl (C=O) groups excluding carboxylic acids is 1. The van der Waals surface area contributed by atoms with Crippen molar-refractivity contribution in [2.24, 2.45) is 0 Å². The Balaban J connectivity index is 1.79. The summed E-state index contributed by atoms with van der Waals surface area (Å²) in [5.74, 6) is -0.478. The highest BCUT2D eigenvalue weighted by molar-refractivity contribution is 6.31. The third-order valence-corrected chi connectivity index (χ3v) is 5.48. The number of hydrogen-bond donors (Lipinski definition) is 1. The van der Waals surface area contributed by atoms with Gasteiger partial charge in [-0.1, -0.05) is 47.5 Å². The highest BCUT2D eigenvalue weighted by Crippen LogP contribution is 2.23. The minimum absolute atomic E-state index is 0.0574. The van der Waals surface area contributed by atoms with Gasteiger partial charge in [0.1, 0.15) is 11.2 Å². The van der Waals surface area contributed by atoms with Crippen molar-refractivity contribution in [2.75, 3.05) is 5.32 Å². The number of carbonyl (C=O) groups is 1. The summed E-state index contributed by atoms with van der Waals surface area (Å²) in [4.78, 5) is 30.7. The molecule has 0 radical (unpaired) electrons. The highest BCUT2D eigenvalue weighted by Gasteiger charge is 2.18. The molecule has 0 spiro atoms. The minimum Gasteiger partial charge on any atom is -0.322 e. The first-order chi connectivity index (χ1) is 14.4. The molecule has 0 saturated carbocycles. The van der Waals surface area contributed by atoms with Crippen LogP contribution in [0.3, 0.4) is 0 Å². The van der Waals surface area contributed by atoms with Gasteiger partial charge in [0, 0.05) is 22.3 Å². The Morgan fingerprint density at radius 1 is 1.07 bits per heavy atom. The molecule has 1 amide bonds. The monoisotopic (exact) mass is 417 g/mol. The number of nitrogens with one attached hydrogen (secondary N) is 1. The van der Waals surface area contributed by atoms with Gasteiger partial charge in [0.05, 0.1) is 6.54 Å². The lowest BCUT2D eigenvalue weighted by atomic mass is 10.1. The Morgan fingerprint density at radius 2 is 1.83 bits per heavy atom. The van der Waals surface area contributed by atoms with Crippen LogP contribution < -0.4 is 10.9 Å². The third-order valence-electron chi connectivity index (χ3n) is 5.07. The molecule has 6 heteroatoms. The van der Waals surface area contributed by atoms with Gasteiger partial charge in [-0.3, -0.25) is 14.2 Å². The summed E-state index contributed by atoms with van der Waals surface area (Å²) in [7, 11) is 0. The second-order valence-electron chi connectivity index (χ2n) is 7.22. The quantitative estimate of drug-likeness (QED) is 0.510. The number of fused-ring (bicyclic) bond motifs is 1. The van der Waals surface area contributed by atoms with Crippen molar-refractivity contribution in [2.45, 2.75) is 20.4 Å². The predicted molar refractivity (Wildman–Crippen MR) is 120 cm³/mol. The maximum atomic E-state index is 13.3. The van der Waals surface area contributed by atoms with Crippen LogP contribution in [0.4, 0.5) is 5.69 Å². The molecule has 2 aromatic heterocycles. The highest BCUT2D eigenvalue weighted by atomic mass is 35.5. The lowest BCUT2D eigenvalue weighted by Gasteiger charge is -2.13. The molecule has 0 fully saturated rings. The molecule has 1 N–H and O–H groups in total. The Hall–Kier alpha value is -3.44. The van der Waals surface area contributed by atoms with Crippen LogP contribution in [0.1, 0.15) is 27.0 Å². The van der Waals surface area contributed by atoms with Crippen LogP contribution in [-0.4, -0.2) is 15.5 Å². The zero-order valence-corrected chi connectivity index (χ0v) is 17.4. The molecule has 0 saturated heterocycles. The number of aromatic nitrogens is 2. The van der Waals surface area contributed by atoms with E-state index < -0.39 is 5.91 Å². The van der Waals surface area contributed by atoms with Gasteiger partial charge in [-0.2, -0.15) is 0 Å². The molecule has 4 rings (SSSR count). The van der Waals surface area contributed by atoms with Crippen molar-refractivity contribution in [3.8, 4) is 0 Å². The van der Waals surface area contributed by atoms with Crippen molar-refractivity contribution < 1.29 is 4.79 Å². The van der Waals surface area contributed by atoms with Gasteiger partial charge >= 0.3 is 0 Å². The second-order valence-corrected chi connectivity index (χ2v) is 7.62. The van der Waals surface area contributed by atoms with Gasteiger partial charge in [-0.25, -0.2) is 4.98 Å². The van der Waals surface area contributed by atoms with Crippen LogP contribution in [0.2, 0.25) is 5.02 Å². The lowest BCUT2D eigenvalue weighted by molar-refractivity contribution is 0.102. The van der Waals surface area contributed by atoms with Crippen LogP contribution in [0.5, 0.6) is 0 Å². The molecule has 2 aromatic carbocycles. The van der Waals surface area contributed by atoms with E-state index in [-0.39, 0.29) is 11.1 Å². The van der Waals surface area contributed by atoms with E-state index >= 15 is 0 Å². The van der Waals surface area contributed by atoms with Crippen molar-refractivity contribution in [3.05, 3.63) is 104 Å². The molecule has 5 nitrogen and oxygen atoms in total. The molecular weight excluding hydrogens is 398 g/mol. The third kappa shape index (κ3) is 3.84. The van der Waals surface area contributed by atoms with Crippen LogP contribution >= 0.6 is 11.6 Å². The van der Waals surface area contributed by atoms with Crippen LogP contribution in [0.15, 0.2) is 71.7 Å². The molecule has 30 heavy (non-hydrogen) atoms. The maximum absolute atomic E-state index is 13.3. The number of nitrogens with zero attached hydrogens (tertiary/aromatic N) is 2. The number of amides is 1. The summed E-state index contributed by atoms with van der Waals surface area (Å²) < 4.78 is 1.54. The Kier molecular flexibility index (Phi) is 5.38. The number of halogens is 1. The second kappa shape index (κ2) is 8.13. The van der Waals surface area contributed by atoms with Crippen LogP contribution in [0.25, 0.3) is 11.0 Å². The molecule has 0 aliphatic heterocycles. The van der Waals surface area contributed by atoms with E-state index in [4.69, 9.17) is 11.6 Å². The SMILES string of the molecule is Cc1ccc(Cn2c(=O)c(C(=O)Nc3cccc(Cl)c3C)cc3cccnc32)cc1. The summed E-state index contributed by atoms with van der Waals surface area (Å²) in [6.45, 7) is 4.15. The minimum atomic E-state index is -0.478. The van der Waals surface area contributed by atoms with Gasteiger partial charge in [0.2, 0.25) is 0 Å². The summed E-state index contributed by atoms with van der Waals surface area (Å²) in [6.07, 6.45) is 1.64. The molecule has 0 bridgehead atoms. The van der Waals surface area contributed by atoms with Gasteiger partial charge < -0.3 is 5.32 Å². The molecule has 2 heterocycles. The van der Waals surface area contributed by atoms with Gasteiger partial charge in [-0.05, 0) is 55.3 Å². The lowest BCUT2D eigenvalue weighted by Crippen LogP contribution is -2.30. The van der Waals surface area contributed by atoms with E-state index in [9.17, 15) is 9.59 Å². The molecule has 0 aliphatic rings. The fourth-order valence-corrected chi connectivity index (χ4v) is 3.50.